The van der Waals surface area contributed by atoms with Crippen molar-refractivity contribution in [1.29, 1.82) is 0 Å². The van der Waals surface area contributed by atoms with Crippen molar-refractivity contribution in [1.82, 2.24) is 25.1 Å². The van der Waals surface area contributed by atoms with E-state index >= 15 is 0 Å². The van der Waals surface area contributed by atoms with Gasteiger partial charge in [0.15, 0.2) is 5.78 Å². The first-order chi connectivity index (χ1) is 12.8. The van der Waals surface area contributed by atoms with Gasteiger partial charge in [-0.15, -0.1) is 11.3 Å². The van der Waals surface area contributed by atoms with Gasteiger partial charge < -0.3 is 10.8 Å². The molecule has 0 spiro atoms. The van der Waals surface area contributed by atoms with Crippen molar-refractivity contribution in [2.45, 2.75) is 32.1 Å². The number of fused-ring (bicyclic) bond motifs is 3. The average molecular weight is 384 g/mol. The van der Waals surface area contributed by atoms with Gasteiger partial charge >= 0.3 is 5.97 Å². The molecule has 0 atom stereocenters. The van der Waals surface area contributed by atoms with Crippen molar-refractivity contribution < 1.29 is 14.7 Å². The highest BCUT2D eigenvalue weighted by molar-refractivity contribution is 7.13. The number of aromatic amines is 1. The van der Waals surface area contributed by atoms with Crippen LogP contribution in [0.4, 0.5) is 5.95 Å². The fraction of sp³-hybridized carbons (Fsp3) is 0.294. The fourth-order valence-corrected chi connectivity index (χ4v) is 4.17. The number of aromatic nitrogens is 5. The minimum Gasteiger partial charge on any atom is -0.477 e. The minimum absolute atomic E-state index is 0.00142. The summed E-state index contributed by atoms with van der Waals surface area (Å²) < 4.78 is 0. The number of hydrogen-bond donors (Lipinski definition) is 3. The van der Waals surface area contributed by atoms with Crippen molar-refractivity contribution in [2.75, 3.05) is 5.73 Å². The molecular formula is C17H16N6O3S. The normalized spacial score (nSPS) is 14.4. The topological polar surface area (TPSA) is 148 Å². The molecule has 9 nitrogen and oxygen atoms in total. The van der Waals surface area contributed by atoms with Crippen LogP contribution in [-0.2, 0) is 18.3 Å². The standard InChI is InChI=1S/C17H16N6O3S/c1-17(2)4-7-5-20-16(18)21-12(7)14-11(17)13(22-23-14)8(24)3-10-19-6-9(27-10)15(25)26/h5-6H,3-4H2,1-2H3,(H,22,23)(H,25,26)(H2,18,20,21). The maximum atomic E-state index is 12.9. The second-order valence-electron chi connectivity index (χ2n) is 7.01. The van der Waals surface area contributed by atoms with Gasteiger partial charge in [-0.3, -0.25) is 9.89 Å². The Morgan fingerprint density at radius 2 is 2.07 bits per heavy atom. The molecule has 0 bridgehead atoms. The number of Topliss-reactive ketones (excluding diaryl/α,β-unsaturated/α-hetero) is 1. The van der Waals surface area contributed by atoms with Gasteiger partial charge in [-0.25, -0.2) is 19.7 Å². The lowest BCUT2D eigenvalue weighted by Gasteiger charge is -2.30. The Balaban J connectivity index is 1.73. The molecular weight excluding hydrogens is 368 g/mol. The van der Waals surface area contributed by atoms with E-state index in [9.17, 15) is 9.59 Å². The zero-order valence-corrected chi connectivity index (χ0v) is 15.4. The summed E-state index contributed by atoms with van der Waals surface area (Å²) in [6, 6.07) is 0. The third-order valence-corrected chi connectivity index (χ3v) is 5.52. The van der Waals surface area contributed by atoms with E-state index in [1.165, 1.54) is 6.20 Å². The number of thiazole rings is 1. The van der Waals surface area contributed by atoms with E-state index in [4.69, 9.17) is 10.8 Å². The number of nitrogens with one attached hydrogen (secondary N) is 1. The second-order valence-corrected chi connectivity index (χ2v) is 8.12. The van der Waals surface area contributed by atoms with Gasteiger partial charge in [-0.1, -0.05) is 13.8 Å². The summed E-state index contributed by atoms with van der Waals surface area (Å²) in [5.41, 5.74) is 8.71. The van der Waals surface area contributed by atoms with Gasteiger partial charge in [0.25, 0.3) is 0 Å². The third kappa shape index (κ3) is 2.87. The monoisotopic (exact) mass is 384 g/mol. The predicted octanol–water partition coefficient (Wildman–Crippen LogP) is 1.86. The largest absolute Gasteiger partial charge is 0.477 e. The summed E-state index contributed by atoms with van der Waals surface area (Å²) in [6.45, 7) is 4.06. The number of nitrogen functional groups attached to an aromatic ring is 1. The summed E-state index contributed by atoms with van der Waals surface area (Å²) >= 11 is 0.991. The molecule has 3 heterocycles. The molecule has 4 rings (SSSR count). The quantitative estimate of drug-likeness (QED) is 0.577. The van der Waals surface area contributed by atoms with Crippen LogP contribution in [0.3, 0.4) is 0 Å². The van der Waals surface area contributed by atoms with E-state index in [2.05, 4.69) is 25.1 Å². The van der Waals surface area contributed by atoms with Crippen LogP contribution in [0.2, 0.25) is 0 Å². The molecule has 0 aliphatic heterocycles. The number of rotatable bonds is 4. The zero-order chi connectivity index (χ0) is 19.3. The lowest BCUT2D eigenvalue weighted by Crippen LogP contribution is -2.28. The van der Waals surface area contributed by atoms with Crippen molar-refractivity contribution in [3.05, 3.63) is 39.1 Å². The van der Waals surface area contributed by atoms with Crippen LogP contribution >= 0.6 is 11.3 Å². The number of carbonyl (C=O) groups is 2. The number of anilines is 1. The Hall–Kier alpha value is -3.14. The van der Waals surface area contributed by atoms with E-state index < -0.39 is 5.97 Å². The third-order valence-electron chi connectivity index (χ3n) is 4.54. The number of carboxylic acids is 1. The van der Waals surface area contributed by atoms with Crippen molar-refractivity contribution >= 4 is 29.0 Å². The minimum atomic E-state index is -1.06. The summed E-state index contributed by atoms with van der Waals surface area (Å²) in [7, 11) is 0. The second kappa shape index (κ2) is 5.95. The molecule has 1 aliphatic rings. The van der Waals surface area contributed by atoms with E-state index in [1.807, 2.05) is 13.8 Å². The zero-order valence-electron chi connectivity index (χ0n) is 14.6. The highest BCUT2D eigenvalue weighted by atomic mass is 32.1. The molecule has 3 aromatic rings. The molecule has 0 aromatic carbocycles. The van der Waals surface area contributed by atoms with Crippen LogP contribution in [0.25, 0.3) is 11.4 Å². The van der Waals surface area contributed by atoms with Gasteiger partial charge in [0.2, 0.25) is 5.95 Å². The molecule has 0 fully saturated rings. The molecule has 1 aliphatic carbocycles. The molecule has 3 aromatic heterocycles. The summed E-state index contributed by atoms with van der Waals surface area (Å²) in [4.78, 5) is 36.4. The molecule has 0 saturated carbocycles. The number of nitrogens with two attached hydrogens (primary N) is 1. The number of carboxylic acid groups (broad SMARTS) is 1. The van der Waals surface area contributed by atoms with Gasteiger partial charge in [0, 0.05) is 11.8 Å². The van der Waals surface area contributed by atoms with Crippen LogP contribution in [0, 0.1) is 0 Å². The average Bonchev–Trinajstić information content (AvgIpc) is 3.23. The Morgan fingerprint density at radius 3 is 2.78 bits per heavy atom. The smallest absolute Gasteiger partial charge is 0.347 e. The molecule has 0 unspecified atom stereocenters. The van der Waals surface area contributed by atoms with Crippen LogP contribution in [-0.4, -0.2) is 42.0 Å². The Labute approximate surface area is 157 Å². The van der Waals surface area contributed by atoms with Crippen molar-refractivity contribution in [2.24, 2.45) is 0 Å². The maximum Gasteiger partial charge on any atom is 0.347 e. The maximum absolute atomic E-state index is 12.9. The number of nitrogens with zero attached hydrogens (tertiary/aromatic N) is 4. The van der Waals surface area contributed by atoms with E-state index in [0.29, 0.717) is 28.5 Å². The molecule has 0 radical (unpaired) electrons. The van der Waals surface area contributed by atoms with Gasteiger partial charge in [-0.2, -0.15) is 5.10 Å². The SMILES string of the molecule is CC1(C)Cc2cnc(N)nc2-c2n[nH]c(C(=O)Cc3ncc(C(=O)O)s3)c21. The van der Waals surface area contributed by atoms with Gasteiger partial charge in [-0.05, 0) is 17.4 Å². The molecule has 138 valence electrons. The highest BCUT2D eigenvalue weighted by Gasteiger charge is 2.38. The van der Waals surface area contributed by atoms with E-state index in [1.54, 1.807) is 6.20 Å². The lowest BCUT2D eigenvalue weighted by atomic mass is 9.73. The van der Waals surface area contributed by atoms with Crippen LogP contribution < -0.4 is 5.73 Å². The first-order valence-electron chi connectivity index (χ1n) is 8.18. The summed E-state index contributed by atoms with van der Waals surface area (Å²) in [6.07, 6.45) is 3.61. The summed E-state index contributed by atoms with van der Waals surface area (Å²) in [5.74, 6) is -1.10. The van der Waals surface area contributed by atoms with E-state index in [-0.39, 0.29) is 28.4 Å². The van der Waals surface area contributed by atoms with Gasteiger partial charge in [0.1, 0.15) is 21.3 Å². The van der Waals surface area contributed by atoms with Gasteiger partial charge in [0.05, 0.1) is 18.3 Å². The molecule has 0 saturated heterocycles. The molecule has 27 heavy (non-hydrogen) atoms. The Kier molecular flexibility index (Phi) is 3.81. The number of carbonyl (C=O) groups excluding carboxylic acids is 1. The number of H-pyrrole nitrogens is 1. The molecule has 0 amide bonds. The summed E-state index contributed by atoms with van der Waals surface area (Å²) in [5, 5.41) is 16.6. The Morgan fingerprint density at radius 1 is 1.30 bits per heavy atom. The van der Waals surface area contributed by atoms with Crippen molar-refractivity contribution in [3.8, 4) is 11.4 Å². The fourth-order valence-electron chi connectivity index (χ4n) is 3.41. The van der Waals surface area contributed by atoms with E-state index in [0.717, 1.165) is 22.5 Å². The predicted molar refractivity (Wildman–Crippen MR) is 97.9 cm³/mol. The number of ketones is 1. The lowest BCUT2D eigenvalue weighted by molar-refractivity contribution is 0.0701. The number of hydrogen-bond acceptors (Lipinski definition) is 8. The van der Waals surface area contributed by atoms with Crippen LogP contribution in [0.1, 0.15) is 50.1 Å². The van der Waals surface area contributed by atoms with Crippen molar-refractivity contribution in [3.63, 3.8) is 0 Å². The highest BCUT2D eigenvalue weighted by Crippen LogP contribution is 2.42. The first-order valence-corrected chi connectivity index (χ1v) is 8.99. The van der Waals surface area contributed by atoms with Crippen LogP contribution in [0.15, 0.2) is 12.4 Å². The number of aromatic carboxylic acids is 1. The molecule has 4 N–H and O–H groups in total. The molecule has 10 heteroatoms. The Bertz CT molecular complexity index is 1080. The first kappa shape index (κ1) is 17.3. The van der Waals surface area contributed by atoms with Crippen LogP contribution in [0.5, 0.6) is 0 Å².